The van der Waals surface area contributed by atoms with Gasteiger partial charge in [-0.3, -0.25) is 4.79 Å². The van der Waals surface area contributed by atoms with E-state index in [1.807, 2.05) is 0 Å². The molecule has 1 aliphatic heterocycles. The lowest BCUT2D eigenvalue weighted by Crippen LogP contribution is -2.17. The Morgan fingerprint density at radius 2 is 1.82 bits per heavy atom. The summed E-state index contributed by atoms with van der Waals surface area (Å²) in [6.07, 6.45) is 1.12. The fraction of sp³-hybridized carbons (Fsp3) is 0. The molecular weight excluding hydrogens is 271 g/mol. The van der Waals surface area contributed by atoms with Crippen molar-refractivity contribution in [2.75, 3.05) is 0 Å². The minimum absolute atomic E-state index is 0.139. The fourth-order valence-corrected chi connectivity index (χ4v) is 2.25. The normalized spacial score (nSPS) is 17.7. The molecule has 0 unspecified atom stereocenters. The Balaban J connectivity index is 2.42. The first-order valence-corrected chi connectivity index (χ1v) is 5.59. The maximum Gasteiger partial charge on any atom is 0.263 e. The van der Waals surface area contributed by atoms with Gasteiger partial charge in [0.2, 0.25) is 0 Å². The topological polar surface area (TPSA) is 29.1 Å². The maximum absolute atomic E-state index is 13.3. The van der Waals surface area contributed by atoms with Gasteiger partial charge in [0.05, 0.1) is 4.91 Å². The van der Waals surface area contributed by atoms with E-state index in [2.05, 4.69) is 5.32 Å². The predicted octanol–water partition coefficient (Wildman–Crippen LogP) is 2.59. The van der Waals surface area contributed by atoms with E-state index < -0.39 is 23.4 Å². The summed E-state index contributed by atoms with van der Waals surface area (Å²) in [6.45, 7) is 0. The molecule has 1 aliphatic rings. The highest BCUT2D eigenvalue weighted by Gasteiger charge is 2.22. The average molecular weight is 275 g/mol. The monoisotopic (exact) mass is 275 g/mol. The van der Waals surface area contributed by atoms with E-state index in [0.29, 0.717) is 12.1 Å². The molecule has 0 spiro atoms. The van der Waals surface area contributed by atoms with E-state index in [-0.39, 0.29) is 14.8 Å². The van der Waals surface area contributed by atoms with Gasteiger partial charge in [-0.2, -0.15) is 0 Å². The van der Waals surface area contributed by atoms with Gasteiger partial charge in [-0.15, -0.1) is 0 Å². The van der Waals surface area contributed by atoms with Gasteiger partial charge >= 0.3 is 0 Å². The summed E-state index contributed by atoms with van der Waals surface area (Å²) in [5.74, 6) is -3.88. The number of amides is 1. The van der Waals surface area contributed by atoms with Crippen molar-refractivity contribution < 1.29 is 18.0 Å². The van der Waals surface area contributed by atoms with Gasteiger partial charge < -0.3 is 5.32 Å². The van der Waals surface area contributed by atoms with Crippen LogP contribution in [0.4, 0.5) is 13.2 Å². The second kappa shape index (κ2) is 4.50. The van der Waals surface area contributed by atoms with Crippen molar-refractivity contribution in [1.82, 2.24) is 5.32 Å². The van der Waals surface area contributed by atoms with Crippen LogP contribution in [0.25, 0.3) is 6.08 Å². The summed E-state index contributed by atoms with van der Waals surface area (Å²) in [5, 5.41) is 2.33. The molecule has 0 saturated carbocycles. The van der Waals surface area contributed by atoms with Gasteiger partial charge in [-0.1, -0.05) is 24.0 Å². The Bertz CT molecular complexity index is 557. The van der Waals surface area contributed by atoms with Gasteiger partial charge in [-0.05, 0) is 12.1 Å². The molecule has 0 radical (unpaired) electrons. The third kappa shape index (κ3) is 2.50. The van der Waals surface area contributed by atoms with Crippen molar-refractivity contribution >= 4 is 40.3 Å². The number of rotatable bonds is 1. The standard InChI is InChI=1S/C10H4F3NOS2/c11-5-3-7(13)6(12)1-4(5)2-8-9(15)14-10(16)17-8/h1-3H,(H,14,15,16). The molecule has 1 N–H and O–H groups in total. The van der Waals surface area contributed by atoms with Crippen LogP contribution in [0.3, 0.4) is 0 Å². The van der Waals surface area contributed by atoms with Crippen LogP contribution < -0.4 is 5.32 Å². The molecule has 0 aromatic heterocycles. The fourth-order valence-electron chi connectivity index (χ4n) is 1.21. The maximum atomic E-state index is 13.3. The second-order valence-electron chi connectivity index (χ2n) is 3.14. The number of hydrogen-bond donors (Lipinski definition) is 1. The van der Waals surface area contributed by atoms with Gasteiger partial charge in [-0.25, -0.2) is 13.2 Å². The first kappa shape index (κ1) is 12.1. The summed E-state index contributed by atoms with van der Waals surface area (Å²) in [4.78, 5) is 11.4. The zero-order valence-electron chi connectivity index (χ0n) is 8.09. The van der Waals surface area contributed by atoms with Gasteiger partial charge in [0.15, 0.2) is 11.6 Å². The number of benzene rings is 1. The lowest BCUT2D eigenvalue weighted by Gasteiger charge is -1.99. The predicted molar refractivity (Wildman–Crippen MR) is 62.6 cm³/mol. The SMILES string of the molecule is O=C1NC(=S)SC1=Cc1cc(F)c(F)cc1F. The van der Waals surface area contributed by atoms with Crippen molar-refractivity contribution in [2.24, 2.45) is 0 Å². The molecule has 1 saturated heterocycles. The molecule has 1 aromatic rings. The number of carbonyl (C=O) groups is 1. The van der Waals surface area contributed by atoms with Crippen LogP contribution in [0.1, 0.15) is 5.56 Å². The van der Waals surface area contributed by atoms with Crippen LogP contribution in [0, 0.1) is 17.5 Å². The molecule has 2 rings (SSSR count). The lowest BCUT2D eigenvalue weighted by atomic mass is 10.2. The molecule has 88 valence electrons. The van der Waals surface area contributed by atoms with Crippen LogP contribution in [0.15, 0.2) is 17.0 Å². The molecule has 17 heavy (non-hydrogen) atoms. The van der Waals surface area contributed by atoms with Crippen molar-refractivity contribution in [1.29, 1.82) is 0 Å². The van der Waals surface area contributed by atoms with Crippen molar-refractivity contribution in [3.8, 4) is 0 Å². The number of hydrogen-bond acceptors (Lipinski definition) is 3. The number of halogens is 3. The van der Waals surface area contributed by atoms with Gasteiger partial charge in [0.1, 0.15) is 10.1 Å². The highest BCUT2D eigenvalue weighted by atomic mass is 32.2. The number of nitrogens with one attached hydrogen (secondary N) is 1. The van der Waals surface area contributed by atoms with Crippen LogP contribution in [-0.4, -0.2) is 10.2 Å². The van der Waals surface area contributed by atoms with E-state index in [1.165, 1.54) is 0 Å². The first-order valence-electron chi connectivity index (χ1n) is 4.37. The molecule has 2 nitrogen and oxygen atoms in total. The van der Waals surface area contributed by atoms with Gasteiger partial charge in [0, 0.05) is 11.6 Å². The third-order valence-corrected chi connectivity index (χ3v) is 3.13. The summed E-state index contributed by atoms with van der Waals surface area (Å²) in [7, 11) is 0. The van der Waals surface area contributed by atoms with E-state index in [1.54, 1.807) is 0 Å². The smallest absolute Gasteiger partial charge is 0.263 e. The highest BCUT2D eigenvalue weighted by molar-refractivity contribution is 8.26. The zero-order chi connectivity index (χ0) is 12.6. The summed E-state index contributed by atoms with van der Waals surface area (Å²) in [6, 6.07) is 1.12. The first-order chi connectivity index (χ1) is 7.97. The molecule has 7 heteroatoms. The van der Waals surface area contributed by atoms with E-state index in [9.17, 15) is 18.0 Å². The largest absolute Gasteiger partial charge is 0.307 e. The Morgan fingerprint density at radius 1 is 1.18 bits per heavy atom. The van der Waals surface area contributed by atoms with E-state index >= 15 is 0 Å². The minimum Gasteiger partial charge on any atom is -0.307 e. The Hall–Kier alpha value is -1.34. The summed E-state index contributed by atoms with van der Waals surface area (Å²) < 4.78 is 39.1. The van der Waals surface area contributed by atoms with E-state index in [0.717, 1.165) is 17.8 Å². The number of carbonyl (C=O) groups excluding carboxylic acids is 1. The van der Waals surface area contributed by atoms with Gasteiger partial charge in [0.25, 0.3) is 5.91 Å². The molecule has 1 aromatic carbocycles. The minimum atomic E-state index is -1.27. The highest BCUT2D eigenvalue weighted by Crippen LogP contribution is 2.27. The van der Waals surface area contributed by atoms with Crippen LogP contribution >= 0.6 is 24.0 Å². The molecule has 1 heterocycles. The average Bonchev–Trinajstić information content (AvgIpc) is 2.54. The van der Waals surface area contributed by atoms with Crippen molar-refractivity contribution in [3.05, 3.63) is 40.1 Å². The van der Waals surface area contributed by atoms with E-state index in [4.69, 9.17) is 12.2 Å². The molecular formula is C10H4F3NOS2. The van der Waals surface area contributed by atoms with Crippen molar-refractivity contribution in [3.63, 3.8) is 0 Å². The molecule has 1 fully saturated rings. The third-order valence-electron chi connectivity index (χ3n) is 1.97. The Morgan fingerprint density at radius 3 is 2.41 bits per heavy atom. The molecule has 1 amide bonds. The second-order valence-corrected chi connectivity index (χ2v) is 4.86. The van der Waals surface area contributed by atoms with Crippen LogP contribution in [0.5, 0.6) is 0 Å². The van der Waals surface area contributed by atoms with Crippen molar-refractivity contribution in [2.45, 2.75) is 0 Å². The number of thioether (sulfide) groups is 1. The molecule has 0 bridgehead atoms. The lowest BCUT2D eigenvalue weighted by molar-refractivity contribution is -0.115. The zero-order valence-corrected chi connectivity index (χ0v) is 9.72. The quantitative estimate of drug-likeness (QED) is 0.485. The number of thiocarbonyl (C=S) groups is 1. The van der Waals surface area contributed by atoms with Crippen LogP contribution in [-0.2, 0) is 4.79 Å². The Kier molecular flexibility index (Phi) is 3.21. The summed E-state index contributed by atoms with van der Waals surface area (Å²) in [5.41, 5.74) is -0.203. The molecule has 0 atom stereocenters. The molecule has 0 aliphatic carbocycles. The Labute approximate surface area is 104 Å². The van der Waals surface area contributed by atoms with Crippen LogP contribution in [0.2, 0.25) is 0 Å². The summed E-state index contributed by atoms with van der Waals surface area (Å²) >= 11 is 5.67.